The summed E-state index contributed by atoms with van der Waals surface area (Å²) >= 11 is 0. The summed E-state index contributed by atoms with van der Waals surface area (Å²) in [4.78, 5) is 26.0. The maximum Gasteiger partial charge on any atom is 0.331 e. The first-order valence-corrected chi connectivity index (χ1v) is 5.70. The highest BCUT2D eigenvalue weighted by atomic mass is 16.4. The van der Waals surface area contributed by atoms with Crippen LogP contribution in [0, 0.1) is 0 Å². The molecule has 2 aromatic rings. The maximum atomic E-state index is 11.8. The van der Waals surface area contributed by atoms with Crippen LogP contribution in [-0.4, -0.2) is 36.3 Å². The van der Waals surface area contributed by atoms with E-state index in [1.165, 1.54) is 30.1 Å². The van der Waals surface area contributed by atoms with Gasteiger partial charge >= 0.3 is 5.97 Å². The molecule has 0 saturated carbocycles. The number of pyridine rings is 1. The number of carboxylic acids is 1. The Morgan fingerprint density at radius 2 is 2.32 bits per heavy atom. The first-order valence-electron chi connectivity index (χ1n) is 5.70. The molecule has 0 radical (unpaired) electrons. The third kappa shape index (κ3) is 2.01. The number of tetrazole rings is 1. The molecule has 2 aromatic heterocycles. The summed E-state index contributed by atoms with van der Waals surface area (Å²) in [6, 6.07) is 1.33. The average Bonchev–Trinajstić information content (AvgIpc) is 2.87. The van der Waals surface area contributed by atoms with Crippen LogP contribution in [0.2, 0.25) is 0 Å². The Kier molecular flexibility index (Phi) is 3.16. The predicted octanol–water partition coefficient (Wildman–Crippen LogP) is 0.238. The van der Waals surface area contributed by atoms with Gasteiger partial charge in [-0.25, -0.2) is 9.48 Å². The topological polar surface area (TPSA) is 114 Å². The van der Waals surface area contributed by atoms with E-state index in [9.17, 15) is 14.7 Å². The van der Waals surface area contributed by atoms with Crippen LogP contribution in [0.15, 0.2) is 23.3 Å². The van der Waals surface area contributed by atoms with Crippen molar-refractivity contribution < 1.29 is 9.90 Å². The van der Waals surface area contributed by atoms with Crippen molar-refractivity contribution in [2.24, 2.45) is 0 Å². The minimum atomic E-state index is -1.30. The summed E-state index contributed by atoms with van der Waals surface area (Å²) in [6.07, 6.45) is 3.21. The summed E-state index contributed by atoms with van der Waals surface area (Å²) in [5.74, 6) is -0.926. The van der Waals surface area contributed by atoms with Crippen molar-refractivity contribution in [1.29, 1.82) is 0 Å². The second-order valence-corrected chi connectivity index (χ2v) is 4.27. The van der Waals surface area contributed by atoms with E-state index in [4.69, 9.17) is 0 Å². The molecule has 2 rings (SSSR count). The molecule has 1 atom stereocenters. The van der Waals surface area contributed by atoms with Gasteiger partial charge in [-0.15, -0.1) is 5.10 Å². The summed E-state index contributed by atoms with van der Waals surface area (Å²) < 4.78 is 1.17. The van der Waals surface area contributed by atoms with Crippen molar-refractivity contribution in [3.8, 4) is 11.4 Å². The molecule has 8 heteroatoms. The Morgan fingerprint density at radius 1 is 1.58 bits per heavy atom. The molecular formula is C11H13N5O3. The number of aliphatic carboxylic acids is 1. The fourth-order valence-corrected chi connectivity index (χ4v) is 1.67. The van der Waals surface area contributed by atoms with E-state index in [0.29, 0.717) is 0 Å². The molecular weight excluding hydrogens is 250 g/mol. The Balaban J connectivity index is 2.65. The van der Waals surface area contributed by atoms with E-state index in [2.05, 4.69) is 20.5 Å². The van der Waals surface area contributed by atoms with Crippen LogP contribution in [0.4, 0.5) is 0 Å². The molecule has 0 aliphatic rings. The highest BCUT2D eigenvalue weighted by molar-refractivity contribution is 5.77. The minimum absolute atomic E-state index is 0.133. The van der Waals surface area contributed by atoms with Gasteiger partial charge in [-0.3, -0.25) is 4.79 Å². The fraction of sp³-hybridized carbons (Fsp3) is 0.364. The lowest BCUT2D eigenvalue weighted by molar-refractivity contribution is -0.147. The first-order chi connectivity index (χ1) is 9.00. The monoisotopic (exact) mass is 263 g/mol. The van der Waals surface area contributed by atoms with E-state index in [1.54, 1.807) is 6.92 Å². The quantitative estimate of drug-likeness (QED) is 0.816. The number of H-pyrrole nitrogens is 1. The largest absolute Gasteiger partial charge is 0.479 e. The van der Waals surface area contributed by atoms with Crippen LogP contribution in [0.3, 0.4) is 0 Å². The smallest absolute Gasteiger partial charge is 0.331 e. The van der Waals surface area contributed by atoms with Gasteiger partial charge in [-0.05, 0) is 23.8 Å². The molecule has 1 unspecified atom stereocenters. The lowest BCUT2D eigenvalue weighted by Crippen LogP contribution is -2.40. The zero-order chi connectivity index (χ0) is 14.0. The molecule has 2 N–H and O–H groups in total. The number of nitrogens with zero attached hydrogens (tertiary/aromatic N) is 4. The second-order valence-electron chi connectivity index (χ2n) is 4.27. The molecule has 0 aliphatic heterocycles. The number of hydrogen-bond donors (Lipinski definition) is 2. The SMILES string of the molecule is CCC(C)(C(=O)O)n1nnnc1-c1c[nH]ccc1=O. The second kappa shape index (κ2) is 4.63. The van der Waals surface area contributed by atoms with E-state index < -0.39 is 11.5 Å². The number of carbonyl (C=O) groups is 1. The number of nitrogens with one attached hydrogen (secondary N) is 1. The lowest BCUT2D eigenvalue weighted by atomic mass is 9.99. The average molecular weight is 263 g/mol. The van der Waals surface area contributed by atoms with Crippen molar-refractivity contribution in [2.45, 2.75) is 25.8 Å². The van der Waals surface area contributed by atoms with Crippen molar-refractivity contribution in [1.82, 2.24) is 25.2 Å². The summed E-state index contributed by atoms with van der Waals surface area (Å²) in [6.45, 7) is 3.22. The Hall–Kier alpha value is -2.51. The van der Waals surface area contributed by atoms with E-state index in [0.717, 1.165) is 0 Å². The van der Waals surface area contributed by atoms with Crippen molar-refractivity contribution in [2.75, 3.05) is 0 Å². The van der Waals surface area contributed by atoms with E-state index in [1.807, 2.05) is 0 Å². The summed E-state index contributed by atoms with van der Waals surface area (Å²) in [5.41, 5.74) is -1.35. The zero-order valence-corrected chi connectivity index (χ0v) is 10.5. The molecule has 0 bridgehead atoms. The van der Waals surface area contributed by atoms with Crippen LogP contribution in [-0.2, 0) is 10.3 Å². The number of aromatic nitrogens is 5. The van der Waals surface area contributed by atoms with Crippen LogP contribution in [0.1, 0.15) is 20.3 Å². The summed E-state index contributed by atoms with van der Waals surface area (Å²) in [5, 5.41) is 20.3. The normalized spacial score (nSPS) is 14.0. The van der Waals surface area contributed by atoms with Crippen molar-refractivity contribution in [3.05, 3.63) is 28.7 Å². The van der Waals surface area contributed by atoms with Gasteiger partial charge in [0.25, 0.3) is 0 Å². The first kappa shape index (κ1) is 12.9. The van der Waals surface area contributed by atoms with E-state index in [-0.39, 0.29) is 23.2 Å². The van der Waals surface area contributed by atoms with E-state index >= 15 is 0 Å². The van der Waals surface area contributed by atoms with Crippen LogP contribution >= 0.6 is 0 Å². The number of carboxylic acid groups (broad SMARTS) is 1. The number of hydrogen-bond acceptors (Lipinski definition) is 5. The predicted molar refractivity (Wildman–Crippen MR) is 65.4 cm³/mol. The third-order valence-electron chi connectivity index (χ3n) is 3.15. The number of rotatable bonds is 4. The lowest BCUT2D eigenvalue weighted by Gasteiger charge is -2.23. The molecule has 0 fully saturated rings. The highest BCUT2D eigenvalue weighted by Crippen LogP contribution is 2.24. The van der Waals surface area contributed by atoms with Gasteiger partial charge in [0.2, 0.25) is 0 Å². The highest BCUT2D eigenvalue weighted by Gasteiger charge is 2.37. The molecule has 100 valence electrons. The van der Waals surface area contributed by atoms with Crippen molar-refractivity contribution >= 4 is 5.97 Å². The van der Waals surface area contributed by atoms with Crippen LogP contribution < -0.4 is 5.43 Å². The maximum absolute atomic E-state index is 11.8. The van der Waals surface area contributed by atoms with Gasteiger partial charge in [0, 0.05) is 18.5 Å². The van der Waals surface area contributed by atoms with Crippen molar-refractivity contribution in [3.63, 3.8) is 0 Å². The van der Waals surface area contributed by atoms with Gasteiger partial charge in [-0.1, -0.05) is 6.92 Å². The molecule has 19 heavy (non-hydrogen) atoms. The molecule has 2 heterocycles. The Labute approximate surface area is 108 Å². The molecule has 8 nitrogen and oxygen atoms in total. The van der Waals surface area contributed by atoms with Gasteiger partial charge in [-0.2, -0.15) is 0 Å². The van der Waals surface area contributed by atoms with Gasteiger partial charge in [0.05, 0.1) is 5.56 Å². The standard InChI is InChI=1S/C11H13N5O3/c1-3-11(2,10(18)19)16-9(13-14-15-16)7-6-12-5-4-8(7)17/h4-6H,3H2,1-2H3,(H,12,17)(H,18,19). The molecule has 0 aromatic carbocycles. The van der Waals surface area contributed by atoms with Crippen LogP contribution in [0.25, 0.3) is 11.4 Å². The fourth-order valence-electron chi connectivity index (χ4n) is 1.67. The van der Waals surface area contributed by atoms with Crippen LogP contribution in [0.5, 0.6) is 0 Å². The molecule has 0 spiro atoms. The molecule has 0 saturated heterocycles. The zero-order valence-electron chi connectivity index (χ0n) is 10.5. The summed E-state index contributed by atoms with van der Waals surface area (Å²) in [7, 11) is 0. The van der Waals surface area contributed by atoms with Gasteiger partial charge in [0.15, 0.2) is 16.8 Å². The minimum Gasteiger partial charge on any atom is -0.479 e. The third-order valence-corrected chi connectivity index (χ3v) is 3.15. The molecule has 0 aliphatic carbocycles. The Bertz CT molecular complexity index is 662. The number of aromatic amines is 1. The molecule has 0 amide bonds. The van der Waals surface area contributed by atoms with Gasteiger partial charge < -0.3 is 10.1 Å². The Morgan fingerprint density at radius 3 is 2.89 bits per heavy atom. The van der Waals surface area contributed by atoms with Gasteiger partial charge in [0.1, 0.15) is 0 Å².